The number of halogens is 18. The van der Waals surface area contributed by atoms with E-state index in [9.17, 15) is 109 Å². The molecule has 9 aliphatic rings. The SMILES string of the molecule is CC(C)CCN1/C(=C\C2=C([O-])C(=C\C3=[N+](CCC(C)C)c4ccc(C(F)(F)F)cc4C3(C)C)/C2=O)C(C)(C)c2cc(C(F)(F)F)ccc21.CC(C)CCN1/C(=C\C2=C([O-])C(=C\C3=[N+](CCC(C)C)c4cccc(C(F)(F)F)c4C3(C)C)/C2=O)C(C)(C)c2c1cccc2C(F)(F)F.CC(C)CCN1C(=CC2=C([O-])C(=CC3=[N+](CCC(C)C)c4cccc(C(F)(F)F)c4C3(C)C)C2=O)C(C)(C)c2cc(C(F)(F)F)ccc21. The molecule has 6 aromatic rings. The molecule has 15 rings (SSSR count). The van der Waals surface area contributed by atoms with Gasteiger partial charge in [0, 0.05) is 165 Å². The highest BCUT2D eigenvalue weighted by Crippen LogP contribution is 2.59. The van der Waals surface area contributed by atoms with Crippen LogP contribution in [0.4, 0.5) is 113 Å². The van der Waals surface area contributed by atoms with Crippen molar-refractivity contribution in [1.82, 2.24) is 0 Å². The van der Waals surface area contributed by atoms with E-state index in [1.54, 1.807) is 115 Å². The van der Waals surface area contributed by atoms with Gasteiger partial charge in [0.25, 0.3) is 0 Å². The summed E-state index contributed by atoms with van der Waals surface area (Å²) in [5.74, 6) is -1.65. The number of hydrogen-bond acceptors (Lipinski definition) is 9. The van der Waals surface area contributed by atoms with E-state index in [1.807, 2.05) is 97.5 Å². The fourth-order valence-electron chi connectivity index (χ4n) is 21.1. The second-order valence-corrected chi connectivity index (χ2v) is 44.7. The summed E-state index contributed by atoms with van der Waals surface area (Å²) in [7, 11) is 0. The lowest BCUT2D eigenvalue weighted by molar-refractivity contribution is -0.439. The molecule has 0 N–H and O–H groups in total. The van der Waals surface area contributed by atoms with Crippen LogP contribution in [0.15, 0.2) is 213 Å². The van der Waals surface area contributed by atoms with Crippen LogP contribution >= 0.6 is 0 Å². The van der Waals surface area contributed by atoms with Crippen molar-refractivity contribution in [3.8, 4) is 0 Å². The maximum Gasteiger partial charge on any atom is 0.416 e. The van der Waals surface area contributed by atoms with Crippen molar-refractivity contribution in [2.75, 3.05) is 54.0 Å². The van der Waals surface area contributed by atoms with E-state index >= 15 is 0 Å². The lowest BCUT2D eigenvalue weighted by atomic mass is 9.76. The first-order valence-corrected chi connectivity index (χ1v) is 49.0. The van der Waals surface area contributed by atoms with Crippen LogP contribution < -0.4 is 30.0 Å². The van der Waals surface area contributed by atoms with E-state index in [0.29, 0.717) is 155 Å². The predicted octanol–water partition coefficient (Wildman–Crippen LogP) is 27.0. The van der Waals surface area contributed by atoms with Gasteiger partial charge in [-0.25, -0.2) is 0 Å². The van der Waals surface area contributed by atoms with Crippen molar-refractivity contribution < 1.29 is 122 Å². The van der Waals surface area contributed by atoms with Gasteiger partial charge in [-0.3, -0.25) is 14.4 Å². The van der Waals surface area contributed by atoms with Crippen molar-refractivity contribution >= 4 is 68.6 Å². The zero-order valence-corrected chi connectivity index (χ0v) is 85.7. The Morgan fingerprint density at radius 3 is 0.861 bits per heavy atom. The third-order valence-electron chi connectivity index (χ3n) is 29.4. The van der Waals surface area contributed by atoms with Crippen molar-refractivity contribution in [3.05, 3.63) is 280 Å². The van der Waals surface area contributed by atoms with Gasteiger partial charge in [0.15, 0.2) is 34.5 Å². The summed E-state index contributed by atoms with van der Waals surface area (Å²) in [6.45, 7) is 47.5. The largest absolute Gasteiger partial charge is 0.871 e. The van der Waals surface area contributed by atoms with Gasteiger partial charge in [0.05, 0.1) is 60.8 Å². The van der Waals surface area contributed by atoms with Crippen LogP contribution in [-0.4, -0.2) is 87.5 Å². The first kappa shape index (κ1) is 110. The summed E-state index contributed by atoms with van der Waals surface area (Å²) >= 11 is 0. The van der Waals surface area contributed by atoms with Gasteiger partial charge in [-0.2, -0.15) is 92.8 Å². The number of allylic oxidation sites excluding steroid dienone is 15. The molecule has 0 atom stereocenters. The normalized spacial score (nSPS) is 20.5. The van der Waals surface area contributed by atoms with Crippen LogP contribution in [0.5, 0.6) is 0 Å². The summed E-state index contributed by atoms with van der Waals surface area (Å²) < 4.78 is 257. The molecule has 0 amide bonds. The number of benzene rings is 6. The minimum absolute atomic E-state index is 0.0651. The van der Waals surface area contributed by atoms with Crippen molar-refractivity contribution in [2.45, 2.75) is 274 Å². The highest BCUT2D eigenvalue weighted by molar-refractivity contribution is 6.26. The number of ketones is 3. The monoisotopic (exact) mass is 2020 g/mol. The zero-order valence-electron chi connectivity index (χ0n) is 85.7. The summed E-state index contributed by atoms with van der Waals surface area (Å²) in [5.41, 5.74) is -4.04. The average molecular weight is 2020 g/mol. The fourth-order valence-corrected chi connectivity index (χ4v) is 21.1. The third-order valence-corrected chi connectivity index (χ3v) is 29.4. The lowest BCUT2D eigenvalue weighted by Crippen LogP contribution is -2.35. The number of carbonyl (C=O) groups excluding carboxylic acids is 3. The first-order chi connectivity index (χ1) is 66.2. The summed E-state index contributed by atoms with van der Waals surface area (Å²) in [5, 5.41) is 41.2. The van der Waals surface area contributed by atoms with E-state index in [0.717, 1.165) is 73.9 Å². The molecule has 3 aliphatic carbocycles. The Morgan fingerprint density at radius 2 is 0.562 bits per heavy atom. The van der Waals surface area contributed by atoms with Gasteiger partial charge in [0.1, 0.15) is 19.6 Å². The molecule has 12 nitrogen and oxygen atoms in total. The standard InChI is InChI=1S/3C38H42F6N2O2/c1-21(2)13-15-45-29-11-9-23(37(39,40)41)17-27(29)35(5,6)31(45)19-25-33(47)26(34(25)48)20-32-36(7,8)28-18-24(38(42,43)44)10-12-30(28)46(32)16-14-22(3)4;1-21(2)15-17-45-27-13-9-11-25(37(39,40)41)31(27)35(5,6)29(45)19-23-33(47)24(34(23)48)20-30-36(7,8)32-26(38(42,43)44)12-10-14-28(32)46(30)18-16-22(3)4;1-21(2)14-16-45-28-13-12-23(37(39,40)41)18-27(28)35(5,6)30(45)19-24-33(47)25(34(24)48)20-31-36(7,8)32-26(38(42,43)44)10-9-11-29(32)46(31)17-15-22(3)4/h9-12,17-22H,13-16H2,1-8H3;9-14,19-22H,15-18H2,1-8H3;9-13,18-22H,14-17H2,1-8H3. The number of Topliss-reactive ketones (excluding diaryl/α,β-unsaturated/α-hetero) is 3. The molecule has 6 heterocycles. The van der Waals surface area contributed by atoms with Gasteiger partial charge < -0.3 is 30.0 Å². The molecule has 0 saturated carbocycles. The first-order valence-electron chi connectivity index (χ1n) is 49.0. The molecule has 6 aromatic carbocycles. The molecule has 774 valence electrons. The molecule has 0 fully saturated rings. The molecule has 6 aliphatic heterocycles. The highest BCUT2D eigenvalue weighted by Gasteiger charge is 2.57. The van der Waals surface area contributed by atoms with Crippen LogP contribution in [0.25, 0.3) is 0 Å². The Kier molecular flexibility index (Phi) is 29.5. The molecule has 0 spiro atoms. The molecule has 0 unspecified atom stereocenters. The molecular weight excluding hydrogens is 1890 g/mol. The lowest BCUT2D eigenvalue weighted by Gasteiger charge is -2.33. The van der Waals surface area contributed by atoms with E-state index in [2.05, 4.69) is 0 Å². The maximum atomic E-state index is 14.2. The average Bonchev–Trinajstić information content (AvgIpc) is 1.55. The maximum absolute atomic E-state index is 14.2. The van der Waals surface area contributed by atoms with Crippen molar-refractivity contribution in [2.24, 2.45) is 35.5 Å². The summed E-state index contributed by atoms with van der Waals surface area (Å²) in [4.78, 5) is 46.7. The molecule has 30 heteroatoms. The fraction of sp³-hybridized carbons (Fsp3) is 0.474. The molecule has 0 bridgehead atoms. The minimum atomic E-state index is -4.61. The molecule has 0 saturated heterocycles. The van der Waals surface area contributed by atoms with E-state index in [1.165, 1.54) is 72.9 Å². The van der Waals surface area contributed by atoms with Gasteiger partial charge in [0.2, 0.25) is 17.1 Å². The number of alkyl halides is 18. The number of fused-ring (bicyclic) bond motifs is 6. The minimum Gasteiger partial charge on any atom is -0.871 e. The summed E-state index contributed by atoms with van der Waals surface area (Å²) in [6, 6.07) is 23.1. The summed E-state index contributed by atoms with van der Waals surface area (Å²) in [6.07, 6.45) is -14.5. The van der Waals surface area contributed by atoms with Gasteiger partial charge in [-0.15, -0.1) is 0 Å². The predicted molar refractivity (Wildman–Crippen MR) is 520 cm³/mol. The van der Waals surface area contributed by atoms with Crippen LogP contribution in [-0.2, 0) is 83.9 Å². The number of anilines is 3. The Bertz CT molecular complexity index is 6600. The van der Waals surface area contributed by atoms with E-state index < -0.39 is 138 Å². The van der Waals surface area contributed by atoms with Crippen molar-refractivity contribution in [3.63, 3.8) is 0 Å². The smallest absolute Gasteiger partial charge is 0.416 e. The number of carbonyl (C=O) groups is 3. The van der Waals surface area contributed by atoms with Crippen LogP contribution in [0.3, 0.4) is 0 Å². The number of hydrogen-bond donors (Lipinski definition) is 0. The molecule has 0 radical (unpaired) electrons. The Morgan fingerprint density at radius 1 is 0.292 bits per heavy atom. The molecule has 0 aromatic heterocycles. The molecular formula is C114H126F18N6O6. The number of nitrogens with zero attached hydrogens (tertiary/aromatic N) is 6. The Hall–Kier alpha value is -11.5. The van der Waals surface area contributed by atoms with Crippen molar-refractivity contribution in [1.29, 1.82) is 0 Å². The zero-order chi connectivity index (χ0) is 107. The Balaban J connectivity index is 0.000000181. The second-order valence-electron chi connectivity index (χ2n) is 44.7. The highest BCUT2D eigenvalue weighted by atomic mass is 19.4. The van der Waals surface area contributed by atoms with E-state index in [-0.39, 0.29) is 73.8 Å². The second kappa shape index (κ2) is 38.7. The topological polar surface area (TPSA) is 139 Å². The molecule has 144 heavy (non-hydrogen) atoms. The van der Waals surface area contributed by atoms with Crippen LogP contribution in [0.2, 0.25) is 0 Å². The van der Waals surface area contributed by atoms with Gasteiger partial charge in [-0.05, 0) is 204 Å². The van der Waals surface area contributed by atoms with Gasteiger partial charge in [-0.1, -0.05) is 160 Å². The number of rotatable bonds is 24. The Labute approximate surface area is 830 Å². The third kappa shape index (κ3) is 20.4. The van der Waals surface area contributed by atoms with Crippen LogP contribution in [0.1, 0.15) is 271 Å². The van der Waals surface area contributed by atoms with Crippen LogP contribution in [0, 0.1) is 35.5 Å². The quantitative estimate of drug-likeness (QED) is 0.0329. The van der Waals surface area contributed by atoms with E-state index in [4.69, 9.17) is 0 Å². The van der Waals surface area contributed by atoms with Gasteiger partial charge >= 0.3 is 37.1 Å².